The molecule has 116 valence electrons. The third-order valence-corrected chi connectivity index (χ3v) is 3.99. The molecule has 0 aliphatic carbocycles. The van der Waals surface area contributed by atoms with Crippen molar-refractivity contribution in [1.29, 1.82) is 0 Å². The van der Waals surface area contributed by atoms with Crippen LogP contribution in [0.5, 0.6) is 0 Å². The summed E-state index contributed by atoms with van der Waals surface area (Å²) in [6.07, 6.45) is 10.2. The second-order valence-corrected chi connectivity index (χ2v) is 5.74. The van der Waals surface area contributed by atoms with Gasteiger partial charge in [0.25, 0.3) is 5.91 Å². The van der Waals surface area contributed by atoms with E-state index in [-0.39, 0.29) is 5.91 Å². The second-order valence-electron chi connectivity index (χ2n) is 5.74. The molecule has 0 radical (unpaired) electrons. The second kappa shape index (κ2) is 7.96. The SMILES string of the molecule is CCCCN(C)c1cnc(C(=O)N2CCCCCC2)cn1. The molecule has 0 spiro atoms. The number of carbonyl (C=O) groups is 1. The summed E-state index contributed by atoms with van der Waals surface area (Å²) in [5.74, 6) is 0.850. The molecule has 0 saturated carbocycles. The van der Waals surface area contributed by atoms with E-state index in [4.69, 9.17) is 0 Å². The van der Waals surface area contributed by atoms with Crippen molar-refractivity contribution >= 4 is 11.7 Å². The summed E-state index contributed by atoms with van der Waals surface area (Å²) in [4.78, 5) is 25.1. The van der Waals surface area contributed by atoms with Crippen molar-refractivity contribution in [2.24, 2.45) is 0 Å². The lowest BCUT2D eigenvalue weighted by Crippen LogP contribution is -2.32. The zero-order valence-electron chi connectivity index (χ0n) is 13.2. The van der Waals surface area contributed by atoms with Crippen LogP contribution in [0.1, 0.15) is 55.9 Å². The highest BCUT2D eigenvalue weighted by molar-refractivity contribution is 5.92. The van der Waals surface area contributed by atoms with Gasteiger partial charge in [-0.25, -0.2) is 9.97 Å². The highest BCUT2D eigenvalue weighted by atomic mass is 16.2. The summed E-state index contributed by atoms with van der Waals surface area (Å²) in [5.41, 5.74) is 0.463. The number of amides is 1. The molecule has 0 atom stereocenters. The molecule has 21 heavy (non-hydrogen) atoms. The lowest BCUT2D eigenvalue weighted by Gasteiger charge is -2.20. The van der Waals surface area contributed by atoms with Gasteiger partial charge in [-0.3, -0.25) is 4.79 Å². The van der Waals surface area contributed by atoms with Crippen LogP contribution in [0, 0.1) is 0 Å². The molecule has 1 aliphatic heterocycles. The number of hydrogen-bond donors (Lipinski definition) is 0. The van der Waals surface area contributed by atoms with Crippen molar-refractivity contribution < 1.29 is 4.79 Å². The molecule has 1 saturated heterocycles. The lowest BCUT2D eigenvalue weighted by molar-refractivity contribution is 0.0755. The fourth-order valence-electron chi connectivity index (χ4n) is 2.57. The maximum atomic E-state index is 12.4. The standard InChI is InChI=1S/C16H26N4O/c1-3-4-9-19(2)15-13-17-14(12-18-15)16(21)20-10-7-5-6-8-11-20/h12-13H,3-11H2,1-2H3. The molecule has 1 aromatic rings. The van der Waals surface area contributed by atoms with E-state index in [0.29, 0.717) is 5.69 Å². The normalized spacial score (nSPS) is 15.6. The maximum Gasteiger partial charge on any atom is 0.274 e. The number of hydrogen-bond acceptors (Lipinski definition) is 4. The lowest BCUT2D eigenvalue weighted by atomic mass is 10.2. The zero-order chi connectivity index (χ0) is 15.1. The molecule has 1 amide bonds. The largest absolute Gasteiger partial charge is 0.358 e. The minimum atomic E-state index is 0.0205. The van der Waals surface area contributed by atoms with Gasteiger partial charge in [-0.05, 0) is 19.3 Å². The molecular formula is C16H26N4O. The zero-order valence-corrected chi connectivity index (χ0v) is 13.2. The van der Waals surface area contributed by atoms with Crippen LogP contribution in [0.25, 0.3) is 0 Å². The topological polar surface area (TPSA) is 49.3 Å². The van der Waals surface area contributed by atoms with Crippen molar-refractivity contribution in [2.75, 3.05) is 31.6 Å². The quantitative estimate of drug-likeness (QED) is 0.836. The predicted octanol–water partition coefficient (Wildman–Crippen LogP) is 2.73. The first-order valence-electron chi connectivity index (χ1n) is 8.05. The Morgan fingerprint density at radius 1 is 1.19 bits per heavy atom. The van der Waals surface area contributed by atoms with E-state index in [0.717, 1.165) is 51.1 Å². The predicted molar refractivity (Wildman–Crippen MR) is 84.6 cm³/mol. The number of nitrogens with zero attached hydrogens (tertiary/aromatic N) is 4. The third-order valence-electron chi connectivity index (χ3n) is 3.99. The van der Waals surface area contributed by atoms with E-state index >= 15 is 0 Å². The monoisotopic (exact) mass is 290 g/mol. The maximum absolute atomic E-state index is 12.4. The van der Waals surface area contributed by atoms with Crippen LogP contribution < -0.4 is 4.90 Å². The fourth-order valence-corrected chi connectivity index (χ4v) is 2.57. The van der Waals surface area contributed by atoms with Gasteiger partial charge in [-0.15, -0.1) is 0 Å². The minimum absolute atomic E-state index is 0.0205. The van der Waals surface area contributed by atoms with E-state index in [1.807, 2.05) is 11.9 Å². The van der Waals surface area contributed by atoms with E-state index in [1.165, 1.54) is 12.8 Å². The van der Waals surface area contributed by atoms with Gasteiger partial charge < -0.3 is 9.80 Å². The smallest absolute Gasteiger partial charge is 0.274 e. The van der Waals surface area contributed by atoms with Crippen molar-refractivity contribution in [3.63, 3.8) is 0 Å². The van der Waals surface area contributed by atoms with Crippen LogP contribution in [0.4, 0.5) is 5.82 Å². The molecular weight excluding hydrogens is 264 g/mol. The summed E-state index contributed by atoms with van der Waals surface area (Å²) >= 11 is 0. The van der Waals surface area contributed by atoms with Crippen LogP contribution in [-0.4, -0.2) is 47.5 Å². The minimum Gasteiger partial charge on any atom is -0.358 e. The first-order chi connectivity index (χ1) is 10.2. The summed E-state index contributed by atoms with van der Waals surface area (Å²) in [6.45, 7) is 4.82. The van der Waals surface area contributed by atoms with Gasteiger partial charge in [0.15, 0.2) is 0 Å². The molecule has 0 N–H and O–H groups in total. The highest BCUT2D eigenvalue weighted by Crippen LogP contribution is 2.13. The molecule has 1 fully saturated rings. The van der Waals surface area contributed by atoms with Crippen LogP contribution >= 0.6 is 0 Å². The van der Waals surface area contributed by atoms with Gasteiger partial charge in [0.1, 0.15) is 11.5 Å². The third kappa shape index (κ3) is 4.41. The first-order valence-corrected chi connectivity index (χ1v) is 8.05. The highest BCUT2D eigenvalue weighted by Gasteiger charge is 2.18. The Hall–Kier alpha value is -1.65. The number of unbranched alkanes of at least 4 members (excludes halogenated alkanes) is 1. The van der Waals surface area contributed by atoms with E-state index in [2.05, 4.69) is 21.8 Å². The Kier molecular flexibility index (Phi) is 5.96. The number of aromatic nitrogens is 2. The number of carbonyl (C=O) groups excluding carboxylic acids is 1. The molecule has 0 bridgehead atoms. The Bertz CT molecular complexity index is 438. The van der Waals surface area contributed by atoms with Gasteiger partial charge in [0.2, 0.25) is 0 Å². The van der Waals surface area contributed by atoms with Gasteiger partial charge in [-0.1, -0.05) is 26.2 Å². The molecule has 5 heteroatoms. The van der Waals surface area contributed by atoms with E-state index in [1.54, 1.807) is 12.4 Å². The summed E-state index contributed by atoms with van der Waals surface area (Å²) in [5, 5.41) is 0. The first kappa shape index (κ1) is 15.7. The molecule has 0 aromatic carbocycles. The van der Waals surface area contributed by atoms with Gasteiger partial charge >= 0.3 is 0 Å². The van der Waals surface area contributed by atoms with Crippen molar-refractivity contribution in [3.05, 3.63) is 18.1 Å². The molecule has 2 rings (SSSR count). The van der Waals surface area contributed by atoms with Gasteiger partial charge in [0.05, 0.1) is 12.4 Å². The van der Waals surface area contributed by atoms with Gasteiger partial charge in [-0.2, -0.15) is 0 Å². The van der Waals surface area contributed by atoms with Crippen LogP contribution in [0.3, 0.4) is 0 Å². The average molecular weight is 290 g/mol. The average Bonchev–Trinajstić information content (AvgIpc) is 2.81. The number of likely N-dealkylation sites (tertiary alicyclic amines) is 1. The molecule has 0 unspecified atom stereocenters. The van der Waals surface area contributed by atoms with E-state index in [9.17, 15) is 4.79 Å². The molecule has 1 aliphatic rings. The Balaban J connectivity index is 1.98. The van der Waals surface area contributed by atoms with Crippen LogP contribution in [0.2, 0.25) is 0 Å². The molecule has 1 aromatic heterocycles. The van der Waals surface area contributed by atoms with Crippen molar-refractivity contribution in [3.8, 4) is 0 Å². The Labute approximate surface area is 127 Å². The van der Waals surface area contributed by atoms with Crippen LogP contribution in [0.15, 0.2) is 12.4 Å². The van der Waals surface area contributed by atoms with Crippen molar-refractivity contribution in [2.45, 2.75) is 45.4 Å². The molecule has 2 heterocycles. The molecule has 5 nitrogen and oxygen atoms in total. The number of anilines is 1. The number of rotatable bonds is 5. The summed E-state index contributed by atoms with van der Waals surface area (Å²) in [6, 6.07) is 0. The van der Waals surface area contributed by atoms with Crippen molar-refractivity contribution in [1.82, 2.24) is 14.9 Å². The summed E-state index contributed by atoms with van der Waals surface area (Å²) in [7, 11) is 2.01. The Morgan fingerprint density at radius 3 is 2.48 bits per heavy atom. The fraction of sp³-hybridized carbons (Fsp3) is 0.688. The Morgan fingerprint density at radius 2 is 1.90 bits per heavy atom. The van der Waals surface area contributed by atoms with E-state index < -0.39 is 0 Å². The summed E-state index contributed by atoms with van der Waals surface area (Å²) < 4.78 is 0. The van der Waals surface area contributed by atoms with Crippen LogP contribution in [-0.2, 0) is 0 Å². The van der Waals surface area contributed by atoms with Gasteiger partial charge in [0, 0.05) is 26.7 Å².